The maximum absolute atomic E-state index is 13.0. The molecule has 0 aliphatic carbocycles. The minimum absolute atomic E-state index is 0.150. The smallest absolute Gasteiger partial charge is 0.255 e. The first-order valence-electron chi connectivity index (χ1n) is 11.9. The van der Waals surface area contributed by atoms with Crippen LogP contribution >= 0.6 is 11.6 Å². The van der Waals surface area contributed by atoms with E-state index >= 15 is 0 Å². The van der Waals surface area contributed by atoms with Crippen molar-refractivity contribution in [3.8, 4) is 11.3 Å². The minimum atomic E-state index is -3.30. The summed E-state index contributed by atoms with van der Waals surface area (Å²) in [4.78, 5) is 19.8. The predicted octanol–water partition coefficient (Wildman–Crippen LogP) is 4.42. The maximum atomic E-state index is 13.0. The number of hydrogen-bond acceptors (Lipinski definition) is 6. The van der Waals surface area contributed by atoms with Gasteiger partial charge in [0.25, 0.3) is 5.91 Å². The zero-order valence-corrected chi connectivity index (χ0v) is 21.3. The number of aromatic nitrogens is 1. The molecule has 1 aromatic heterocycles. The molecule has 0 radical (unpaired) electrons. The fourth-order valence-corrected chi connectivity index (χ4v) is 6.36. The van der Waals surface area contributed by atoms with Gasteiger partial charge in [0.15, 0.2) is 0 Å². The van der Waals surface area contributed by atoms with Crippen LogP contribution in [-0.4, -0.2) is 57.9 Å². The Labute approximate surface area is 215 Å². The van der Waals surface area contributed by atoms with Gasteiger partial charge in [-0.3, -0.25) is 14.1 Å². The third-order valence-electron chi connectivity index (χ3n) is 6.38. The molecule has 2 saturated heterocycles. The zero-order valence-electron chi connectivity index (χ0n) is 19.7. The molecule has 5 rings (SSSR count). The summed E-state index contributed by atoms with van der Waals surface area (Å²) in [6, 6.07) is 15.8. The number of pyridine rings is 1. The second-order valence-electron chi connectivity index (χ2n) is 8.76. The van der Waals surface area contributed by atoms with E-state index in [2.05, 4.69) is 15.2 Å². The van der Waals surface area contributed by atoms with Crippen molar-refractivity contribution in [2.75, 3.05) is 53.1 Å². The lowest BCUT2D eigenvalue weighted by molar-refractivity contribution is 0.102. The molecule has 10 heteroatoms. The van der Waals surface area contributed by atoms with Gasteiger partial charge in [-0.2, -0.15) is 0 Å². The van der Waals surface area contributed by atoms with Crippen molar-refractivity contribution in [1.82, 2.24) is 4.98 Å². The van der Waals surface area contributed by atoms with E-state index in [1.165, 1.54) is 4.31 Å². The number of rotatable bonds is 5. The van der Waals surface area contributed by atoms with Gasteiger partial charge in [-0.15, -0.1) is 0 Å². The highest BCUT2D eigenvalue weighted by Gasteiger charge is 2.26. The first-order valence-corrected chi connectivity index (χ1v) is 13.9. The summed E-state index contributed by atoms with van der Waals surface area (Å²) in [5.74, 6) is -0.150. The lowest BCUT2D eigenvalue weighted by Crippen LogP contribution is -2.37. The molecule has 1 amide bonds. The van der Waals surface area contributed by atoms with Gasteiger partial charge in [0.2, 0.25) is 10.0 Å². The summed E-state index contributed by atoms with van der Waals surface area (Å²) in [5, 5.41) is 3.45. The Bertz CT molecular complexity index is 1360. The summed E-state index contributed by atoms with van der Waals surface area (Å²) in [6.45, 7) is 3.30. The summed E-state index contributed by atoms with van der Waals surface area (Å²) in [7, 11) is -3.30. The van der Waals surface area contributed by atoms with Crippen molar-refractivity contribution >= 4 is 44.6 Å². The quantitative estimate of drug-likeness (QED) is 0.529. The molecule has 2 aromatic carbocycles. The SMILES string of the molecule is O=C(Nc1ccc(Cl)c(-c2ncccc2N2CCOCC2)c1)c1ccc(N2CCCCS2(=O)=O)cc1. The standard InChI is InChI=1S/C26H27ClN4O4S/c27-23-10-7-20(18-22(23)25-24(4-3-11-28-25)30-13-15-35-16-14-30)29-26(32)19-5-8-21(9-6-19)31-12-1-2-17-36(31,33)34/h3-11,18H,1-2,12-17H2,(H,29,32). The van der Waals surface area contributed by atoms with Gasteiger partial charge in [0, 0.05) is 42.6 Å². The molecule has 2 fully saturated rings. The third kappa shape index (κ3) is 5.18. The molecule has 0 saturated carbocycles. The van der Waals surface area contributed by atoms with Crippen LogP contribution in [0.1, 0.15) is 23.2 Å². The van der Waals surface area contributed by atoms with Gasteiger partial charge in [-0.25, -0.2) is 8.42 Å². The summed E-state index contributed by atoms with van der Waals surface area (Å²) < 4.78 is 31.6. The van der Waals surface area contributed by atoms with Gasteiger partial charge in [0.05, 0.1) is 41.1 Å². The first-order chi connectivity index (χ1) is 17.4. The van der Waals surface area contributed by atoms with Crippen LogP contribution in [0.4, 0.5) is 17.1 Å². The van der Waals surface area contributed by atoms with Crippen LogP contribution in [0.5, 0.6) is 0 Å². The Kier molecular flexibility index (Phi) is 7.13. The number of hydrogen-bond donors (Lipinski definition) is 1. The molecule has 3 heterocycles. The van der Waals surface area contributed by atoms with E-state index in [-0.39, 0.29) is 11.7 Å². The molecular weight excluding hydrogens is 500 g/mol. The van der Waals surface area contributed by atoms with E-state index in [0.29, 0.717) is 48.1 Å². The van der Waals surface area contributed by atoms with E-state index < -0.39 is 10.0 Å². The Balaban J connectivity index is 1.36. The molecule has 1 N–H and O–H groups in total. The van der Waals surface area contributed by atoms with Crippen molar-refractivity contribution in [1.29, 1.82) is 0 Å². The zero-order chi connectivity index (χ0) is 25.1. The number of amides is 1. The molecule has 0 bridgehead atoms. The Morgan fingerprint density at radius 3 is 2.53 bits per heavy atom. The van der Waals surface area contributed by atoms with E-state index in [1.807, 2.05) is 18.2 Å². The normalized spacial score (nSPS) is 17.6. The van der Waals surface area contributed by atoms with E-state index in [1.54, 1.807) is 42.6 Å². The number of carbonyl (C=O) groups is 1. The van der Waals surface area contributed by atoms with Crippen molar-refractivity contribution in [3.05, 3.63) is 71.4 Å². The van der Waals surface area contributed by atoms with Crippen LogP contribution in [0.2, 0.25) is 5.02 Å². The fourth-order valence-electron chi connectivity index (χ4n) is 4.51. The molecule has 3 aromatic rings. The number of carbonyl (C=O) groups excluding carboxylic acids is 1. The van der Waals surface area contributed by atoms with Crippen LogP contribution in [0.15, 0.2) is 60.8 Å². The van der Waals surface area contributed by atoms with Crippen LogP contribution in [0.25, 0.3) is 11.3 Å². The van der Waals surface area contributed by atoms with Gasteiger partial charge in [0.1, 0.15) is 0 Å². The van der Waals surface area contributed by atoms with E-state index in [0.717, 1.165) is 36.5 Å². The molecule has 2 aliphatic rings. The summed E-state index contributed by atoms with van der Waals surface area (Å²) in [6.07, 6.45) is 3.23. The van der Waals surface area contributed by atoms with Crippen molar-refractivity contribution < 1.29 is 17.9 Å². The van der Waals surface area contributed by atoms with Crippen LogP contribution in [0.3, 0.4) is 0 Å². The molecular formula is C26H27ClN4O4S. The highest BCUT2D eigenvalue weighted by Crippen LogP contribution is 2.36. The number of ether oxygens (including phenoxy) is 1. The Morgan fingerprint density at radius 1 is 1.00 bits per heavy atom. The number of morpholine rings is 1. The highest BCUT2D eigenvalue weighted by molar-refractivity contribution is 7.92. The van der Waals surface area contributed by atoms with Crippen LogP contribution < -0.4 is 14.5 Å². The number of benzene rings is 2. The Hall–Kier alpha value is -3.14. The number of nitrogens with zero attached hydrogens (tertiary/aromatic N) is 3. The number of nitrogens with one attached hydrogen (secondary N) is 1. The second kappa shape index (κ2) is 10.5. The molecule has 2 aliphatic heterocycles. The van der Waals surface area contributed by atoms with Gasteiger partial charge in [-0.05, 0) is 67.4 Å². The lowest BCUT2D eigenvalue weighted by Gasteiger charge is -2.30. The van der Waals surface area contributed by atoms with Crippen LogP contribution in [0, 0.1) is 0 Å². The lowest BCUT2D eigenvalue weighted by atomic mass is 10.1. The molecule has 0 spiro atoms. The summed E-state index contributed by atoms with van der Waals surface area (Å²) in [5.41, 5.74) is 4.02. The van der Waals surface area contributed by atoms with E-state index in [9.17, 15) is 13.2 Å². The summed E-state index contributed by atoms with van der Waals surface area (Å²) >= 11 is 6.56. The van der Waals surface area contributed by atoms with Crippen molar-refractivity contribution in [2.45, 2.75) is 12.8 Å². The van der Waals surface area contributed by atoms with Crippen LogP contribution in [-0.2, 0) is 14.8 Å². The van der Waals surface area contributed by atoms with Gasteiger partial charge in [-0.1, -0.05) is 11.6 Å². The monoisotopic (exact) mass is 526 g/mol. The molecule has 0 atom stereocenters. The minimum Gasteiger partial charge on any atom is -0.378 e. The van der Waals surface area contributed by atoms with Crippen molar-refractivity contribution in [2.24, 2.45) is 0 Å². The molecule has 36 heavy (non-hydrogen) atoms. The van der Waals surface area contributed by atoms with Gasteiger partial charge < -0.3 is 15.0 Å². The number of anilines is 3. The second-order valence-corrected chi connectivity index (χ2v) is 11.2. The van der Waals surface area contributed by atoms with Gasteiger partial charge >= 0.3 is 0 Å². The number of sulfonamides is 1. The Morgan fingerprint density at radius 2 is 1.78 bits per heavy atom. The van der Waals surface area contributed by atoms with Crippen molar-refractivity contribution in [3.63, 3.8) is 0 Å². The highest BCUT2D eigenvalue weighted by atomic mass is 35.5. The fraction of sp³-hybridized carbons (Fsp3) is 0.308. The average molecular weight is 527 g/mol. The maximum Gasteiger partial charge on any atom is 0.255 e. The molecule has 8 nitrogen and oxygen atoms in total. The molecule has 188 valence electrons. The topological polar surface area (TPSA) is 91.8 Å². The third-order valence-corrected chi connectivity index (χ3v) is 8.58. The first kappa shape index (κ1) is 24.5. The molecule has 0 unspecified atom stereocenters. The number of halogens is 1. The van der Waals surface area contributed by atoms with E-state index in [4.69, 9.17) is 16.3 Å². The largest absolute Gasteiger partial charge is 0.378 e. The predicted molar refractivity (Wildman–Crippen MR) is 142 cm³/mol. The average Bonchev–Trinajstić information content (AvgIpc) is 2.90.